The molecule has 0 saturated carbocycles. The number of aryl methyl sites for hydroxylation is 1. The van der Waals surface area contributed by atoms with Gasteiger partial charge in [-0.25, -0.2) is 4.79 Å². The minimum absolute atomic E-state index is 0.00974. The summed E-state index contributed by atoms with van der Waals surface area (Å²) in [7, 11) is 0. The number of piperazine rings is 1. The zero-order chi connectivity index (χ0) is 31.5. The van der Waals surface area contributed by atoms with Crippen LogP contribution in [0.2, 0.25) is 0 Å². The molecule has 9 nitrogen and oxygen atoms in total. The molecule has 3 aliphatic rings. The Morgan fingerprint density at radius 1 is 1.00 bits per heavy atom. The number of nitrogens with zero attached hydrogens (tertiary/aromatic N) is 2. The van der Waals surface area contributed by atoms with E-state index >= 15 is 0 Å². The lowest BCUT2D eigenvalue weighted by atomic mass is 9.74. The molecule has 1 unspecified atom stereocenters. The van der Waals surface area contributed by atoms with Crippen LogP contribution in [-0.4, -0.2) is 112 Å². The van der Waals surface area contributed by atoms with Gasteiger partial charge in [0.2, 0.25) is 0 Å². The monoisotopic (exact) mass is 610 g/mol. The van der Waals surface area contributed by atoms with Crippen molar-refractivity contribution in [3.8, 4) is 0 Å². The van der Waals surface area contributed by atoms with E-state index in [1.807, 2.05) is 32.9 Å². The van der Waals surface area contributed by atoms with Crippen molar-refractivity contribution < 1.29 is 33.6 Å². The van der Waals surface area contributed by atoms with Gasteiger partial charge in [0.25, 0.3) is 0 Å². The summed E-state index contributed by atoms with van der Waals surface area (Å²) in [6, 6.07) is 6.13. The van der Waals surface area contributed by atoms with Crippen LogP contribution >= 0.6 is 0 Å². The fraction of sp³-hybridized carbons (Fsp3) is 0.600. The first-order valence-electron chi connectivity index (χ1n) is 16.0. The Labute approximate surface area is 262 Å². The molecule has 9 heteroatoms. The number of allylic oxidation sites excluding steroid dienone is 4. The fourth-order valence-electron chi connectivity index (χ4n) is 5.95. The van der Waals surface area contributed by atoms with Gasteiger partial charge in [-0.2, -0.15) is 0 Å². The third kappa shape index (κ3) is 10.1. The Balaban J connectivity index is 1.11. The van der Waals surface area contributed by atoms with Gasteiger partial charge in [-0.1, -0.05) is 44.2 Å². The SMILES string of the molecule is CCOC(=O)COCCN1CCN(CCOCCOC2C=CC(c3ccc(C)c(C4=C(O)CC(C)(C)CC4=O)c3)=CC2)CC1. The van der Waals surface area contributed by atoms with Crippen molar-refractivity contribution in [1.82, 2.24) is 9.80 Å². The maximum atomic E-state index is 12.9. The minimum Gasteiger partial charge on any atom is -0.512 e. The molecule has 242 valence electrons. The number of ketones is 1. The first-order chi connectivity index (χ1) is 21.1. The van der Waals surface area contributed by atoms with E-state index in [1.165, 1.54) is 0 Å². The van der Waals surface area contributed by atoms with Crippen molar-refractivity contribution in [3.63, 3.8) is 0 Å². The molecule has 1 aromatic carbocycles. The molecule has 1 saturated heterocycles. The summed E-state index contributed by atoms with van der Waals surface area (Å²) >= 11 is 0. The molecule has 0 spiro atoms. The second-order valence-corrected chi connectivity index (χ2v) is 12.6. The number of hydrogen-bond acceptors (Lipinski definition) is 9. The third-order valence-corrected chi connectivity index (χ3v) is 8.41. The number of carbonyl (C=O) groups is 2. The van der Waals surface area contributed by atoms with Gasteiger partial charge in [-0.05, 0) is 54.0 Å². The van der Waals surface area contributed by atoms with E-state index in [-0.39, 0.29) is 35.6 Å². The number of aliphatic hydroxyl groups is 1. The van der Waals surface area contributed by atoms with Crippen LogP contribution in [0.15, 0.2) is 42.2 Å². The number of esters is 1. The molecule has 0 bridgehead atoms. The maximum absolute atomic E-state index is 12.9. The molecular formula is C35H50N2O7. The van der Waals surface area contributed by atoms with Gasteiger partial charge in [0.1, 0.15) is 12.4 Å². The van der Waals surface area contributed by atoms with E-state index in [2.05, 4.69) is 34.1 Å². The van der Waals surface area contributed by atoms with Crippen LogP contribution in [0.5, 0.6) is 0 Å². The second kappa shape index (κ2) is 16.5. The van der Waals surface area contributed by atoms with Gasteiger partial charge in [-0.3, -0.25) is 14.6 Å². The minimum atomic E-state index is -0.309. The van der Waals surface area contributed by atoms with Crippen molar-refractivity contribution in [2.24, 2.45) is 5.41 Å². The maximum Gasteiger partial charge on any atom is 0.332 e. The Bertz CT molecular complexity index is 1230. The summed E-state index contributed by atoms with van der Waals surface area (Å²) in [5.41, 5.74) is 4.20. The highest BCUT2D eigenvalue weighted by molar-refractivity contribution is 6.22. The van der Waals surface area contributed by atoms with Crippen LogP contribution < -0.4 is 0 Å². The molecule has 0 radical (unpaired) electrons. The normalized spacial score (nSPS) is 21.0. The molecule has 1 fully saturated rings. The summed E-state index contributed by atoms with van der Waals surface area (Å²) < 4.78 is 22.1. The summed E-state index contributed by atoms with van der Waals surface area (Å²) in [5.74, 6) is -0.0997. The molecule has 1 aliphatic heterocycles. The van der Waals surface area contributed by atoms with Crippen LogP contribution in [0.4, 0.5) is 0 Å². The van der Waals surface area contributed by atoms with Crippen molar-refractivity contribution in [1.29, 1.82) is 0 Å². The van der Waals surface area contributed by atoms with Gasteiger partial charge in [0.05, 0.1) is 44.7 Å². The van der Waals surface area contributed by atoms with Gasteiger partial charge in [0.15, 0.2) is 5.78 Å². The first-order valence-corrected chi connectivity index (χ1v) is 16.0. The van der Waals surface area contributed by atoms with Gasteiger partial charge in [-0.15, -0.1) is 0 Å². The van der Waals surface area contributed by atoms with Gasteiger partial charge >= 0.3 is 5.97 Å². The fourth-order valence-corrected chi connectivity index (χ4v) is 5.95. The third-order valence-electron chi connectivity index (χ3n) is 8.41. The van der Waals surface area contributed by atoms with Crippen molar-refractivity contribution in [2.75, 3.05) is 78.9 Å². The smallest absolute Gasteiger partial charge is 0.332 e. The summed E-state index contributed by atoms with van der Waals surface area (Å²) in [5, 5.41) is 10.7. The number of Topliss-reactive ketones (excluding diaryl/α,β-unsaturated/α-hetero) is 1. The van der Waals surface area contributed by atoms with Crippen molar-refractivity contribution >= 4 is 22.9 Å². The lowest BCUT2D eigenvalue weighted by molar-refractivity contribution is -0.148. The average molecular weight is 611 g/mol. The molecule has 4 rings (SSSR count). The second-order valence-electron chi connectivity index (χ2n) is 12.6. The van der Waals surface area contributed by atoms with Crippen molar-refractivity contribution in [2.45, 2.75) is 53.1 Å². The van der Waals surface area contributed by atoms with E-state index in [0.29, 0.717) is 51.4 Å². The van der Waals surface area contributed by atoms with Crippen LogP contribution in [0.25, 0.3) is 11.1 Å². The van der Waals surface area contributed by atoms with E-state index < -0.39 is 0 Å². The highest BCUT2D eigenvalue weighted by Gasteiger charge is 2.34. The van der Waals surface area contributed by atoms with Gasteiger partial charge in [0, 0.05) is 52.1 Å². The summed E-state index contributed by atoms with van der Waals surface area (Å²) in [6.07, 6.45) is 8.07. The predicted molar refractivity (Wildman–Crippen MR) is 171 cm³/mol. The van der Waals surface area contributed by atoms with E-state index in [4.69, 9.17) is 18.9 Å². The summed E-state index contributed by atoms with van der Waals surface area (Å²) in [4.78, 5) is 29.0. The molecule has 44 heavy (non-hydrogen) atoms. The molecule has 0 aromatic heterocycles. The van der Waals surface area contributed by atoms with Crippen LogP contribution in [0, 0.1) is 12.3 Å². The van der Waals surface area contributed by atoms with Crippen LogP contribution in [-0.2, 0) is 28.5 Å². The molecule has 1 atom stereocenters. The number of ether oxygens (including phenoxy) is 4. The molecule has 1 heterocycles. The molecule has 1 N–H and O–H groups in total. The number of benzene rings is 1. The lowest BCUT2D eigenvalue weighted by Gasteiger charge is -2.34. The van der Waals surface area contributed by atoms with Crippen LogP contribution in [0.3, 0.4) is 0 Å². The number of hydrogen-bond donors (Lipinski definition) is 1. The standard InChI is InChI=1S/C35H50N2O7/c1-5-43-33(40)25-42-19-17-37-14-12-36(13-15-37)16-18-41-20-21-44-29-10-8-27(9-11-29)28-7-6-26(2)30(22-28)34-31(38)23-35(3,4)24-32(34)39/h6-10,22,29,38H,5,11-21,23-25H2,1-4H3. The molecule has 2 aliphatic carbocycles. The molecule has 0 amide bonds. The number of rotatable bonds is 15. The zero-order valence-electron chi connectivity index (χ0n) is 26.9. The largest absolute Gasteiger partial charge is 0.512 e. The Morgan fingerprint density at radius 3 is 2.34 bits per heavy atom. The predicted octanol–water partition coefficient (Wildman–Crippen LogP) is 4.60. The molecular weight excluding hydrogens is 560 g/mol. The quantitative estimate of drug-likeness (QED) is 0.226. The first kappa shape index (κ1) is 34.1. The Hall–Kier alpha value is -2.82. The topological polar surface area (TPSA) is 97.8 Å². The average Bonchev–Trinajstić information content (AvgIpc) is 2.98. The van der Waals surface area contributed by atoms with Crippen molar-refractivity contribution in [3.05, 3.63) is 58.9 Å². The van der Waals surface area contributed by atoms with E-state index in [0.717, 1.165) is 68.0 Å². The number of aliphatic hydroxyl groups excluding tert-OH is 1. The highest BCUT2D eigenvalue weighted by Crippen LogP contribution is 2.40. The van der Waals surface area contributed by atoms with E-state index in [9.17, 15) is 14.7 Å². The molecule has 1 aromatic rings. The lowest BCUT2D eigenvalue weighted by Crippen LogP contribution is -2.48. The zero-order valence-corrected chi connectivity index (χ0v) is 26.9. The highest BCUT2D eigenvalue weighted by atomic mass is 16.6. The Morgan fingerprint density at radius 2 is 1.70 bits per heavy atom. The number of carbonyl (C=O) groups excluding carboxylic acids is 2. The van der Waals surface area contributed by atoms with E-state index in [1.54, 1.807) is 6.92 Å². The Kier molecular flexibility index (Phi) is 12.8. The van der Waals surface area contributed by atoms with Gasteiger partial charge < -0.3 is 24.1 Å². The summed E-state index contributed by atoms with van der Waals surface area (Å²) in [6.45, 7) is 16.2. The van der Waals surface area contributed by atoms with Crippen LogP contribution in [0.1, 0.15) is 56.7 Å².